The highest BCUT2D eigenvalue weighted by molar-refractivity contribution is 6.31. The molecule has 2 heterocycles. The third-order valence-corrected chi connectivity index (χ3v) is 4.32. The first kappa shape index (κ1) is 16.8. The van der Waals surface area contributed by atoms with Gasteiger partial charge in [-0.3, -0.25) is 4.98 Å². The molecular formula is C20H17ClN4. The van der Waals surface area contributed by atoms with E-state index in [-0.39, 0.29) is 0 Å². The molecule has 1 aromatic carbocycles. The Morgan fingerprint density at radius 1 is 1.24 bits per heavy atom. The van der Waals surface area contributed by atoms with Gasteiger partial charge in [-0.15, -0.1) is 0 Å². The van der Waals surface area contributed by atoms with E-state index in [4.69, 9.17) is 17.3 Å². The van der Waals surface area contributed by atoms with Gasteiger partial charge < -0.3 is 10.3 Å². The quantitative estimate of drug-likeness (QED) is 0.717. The molecule has 0 radical (unpaired) electrons. The first-order valence-electron chi connectivity index (χ1n) is 7.68. The van der Waals surface area contributed by atoms with E-state index in [1.54, 1.807) is 12.4 Å². The van der Waals surface area contributed by atoms with Gasteiger partial charge in [-0.05, 0) is 42.7 Å². The van der Waals surface area contributed by atoms with E-state index in [1.165, 1.54) is 0 Å². The van der Waals surface area contributed by atoms with Crippen molar-refractivity contribution < 1.29 is 0 Å². The maximum absolute atomic E-state index is 6.15. The van der Waals surface area contributed by atoms with Crippen molar-refractivity contribution in [3.05, 3.63) is 77.0 Å². The van der Waals surface area contributed by atoms with Gasteiger partial charge in [0.25, 0.3) is 0 Å². The normalized spacial score (nSPS) is 10.2. The number of hydrogen-bond donors (Lipinski definition) is 1. The van der Waals surface area contributed by atoms with Crippen molar-refractivity contribution in [2.24, 2.45) is 12.8 Å². The zero-order valence-electron chi connectivity index (χ0n) is 14.0. The summed E-state index contributed by atoms with van der Waals surface area (Å²) >= 11 is 6.15. The zero-order chi connectivity index (χ0) is 18.0. The van der Waals surface area contributed by atoms with Crippen LogP contribution in [0.25, 0.3) is 17.0 Å². The molecule has 0 unspecified atom stereocenters. The van der Waals surface area contributed by atoms with E-state index in [1.807, 2.05) is 48.9 Å². The summed E-state index contributed by atoms with van der Waals surface area (Å²) in [7, 11) is 1.90. The number of rotatable bonds is 2. The predicted molar refractivity (Wildman–Crippen MR) is 102 cm³/mol. The van der Waals surface area contributed by atoms with Crippen LogP contribution < -0.4 is 5.73 Å². The number of pyridine rings is 1. The van der Waals surface area contributed by atoms with Gasteiger partial charge >= 0.3 is 0 Å². The van der Waals surface area contributed by atoms with Crippen LogP contribution in [0.4, 0.5) is 0 Å². The molecule has 0 saturated carbocycles. The third-order valence-electron chi connectivity index (χ3n) is 3.91. The molecule has 0 bridgehead atoms. The molecule has 3 aromatic rings. The molecule has 0 spiro atoms. The van der Waals surface area contributed by atoms with Crippen molar-refractivity contribution in [1.82, 2.24) is 14.5 Å². The van der Waals surface area contributed by atoms with Crippen LogP contribution >= 0.6 is 11.6 Å². The summed E-state index contributed by atoms with van der Waals surface area (Å²) < 4.78 is 1.90. The molecule has 0 atom stereocenters. The highest BCUT2D eigenvalue weighted by atomic mass is 35.5. The number of halogens is 1. The summed E-state index contributed by atoms with van der Waals surface area (Å²) in [5, 5.41) is 0.693. The van der Waals surface area contributed by atoms with Crippen LogP contribution in [0.3, 0.4) is 0 Å². The molecular weight excluding hydrogens is 332 g/mol. The van der Waals surface area contributed by atoms with Gasteiger partial charge in [-0.25, -0.2) is 4.98 Å². The summed E-state index contributed by atoms with van der Waals surface area (Å²) in [6.45, 7) is 5.77. The highest BCUT2D eigenvalue weighted by Crippen LogP contribution is 2.26. The van der Waals surface area contributed by atoms with Gasteiger partial charge in [0, 0.05) is 35.6 Å². The van der Waals surface area contributed by atoms with Gasteiger partial charge in [0.1, 0.15) is 5.69 Å². The van der Waals surface area contributed by atoms with Crippen LogP contribution in [-0.2, 0) is 7.05 Å². The fraction of sp³-hybridized carbons (Fsp3) is 0.100. The van der Waals surface area contributed by atoms with Crippen LogP contribution in [0.15, 0.2) is 49.3 Å². The van der Waals surface area contributed by atoms with Crippen LogP contribution in [-0.4, -0.2) is 14.5 Å². The molecule has 0 aliphatic carbocycles. The zero-order valence-corrected chi connectivity index (χ0v) is 14.8. The molecule has 0 aliphatic heterocycles. The van der Waals surface area contributed by atoms with Crippen LogP contribution in [0.1, 0.15) is 22.6 Å². The van der Waals surface area contributed by atoms with E-state index in [0.717, 1.165) is 22.4 Å². The van der Waals surface area contributed by atoms with Gasteiger partial charge in [0.05, 0.1) is 11.4 Å². The summed E-state index contributed by atoms with van der Waals surface area (Å²) in [4.78, 5) is 8.72. The number of imidazole rings is 1. The molecule has 0 fully saturated rings. The van der Waals surface area contributed by atoms with Crippen LogP contribution in [0, 0.1) is 18.8 Å². The van der Waals surface area contributed by atoms with Gasteiger partial charge in [0.2, 0.25) is 0 Å². The fourth-order valence-electron chi connectivity index (χ4n) is 2.53. The minimum Gasteiger partial charge on any atom is -0.397 e. The number of aromatic nitrogens is 3. The van der Waals surface area contributed by atoms with Crippen molar-refractivity contribution in [2.75, 3.05) is 0 Å². The second-order valence-electron chi connectivity index (χ2n) is 5.62. The second kappa shape index (κ2) is 6.84. The standard InChI is InChI=1S/C20H17ClN4/c1-13-15(6-4-8-17(13)21)9-10-18-24-19(14(2)22)20(25(18)3)16-7-5-11-23-12-16/h4-8,11-12H,2,22H2,1,3H3. The van der Waals surface area contributed by atoms with Crippen LogP contribution in [0.5, 0.6) is 0 Å². The lowest BCUT2D eigenvalue weighted by atomic mass is 10.1. The van der Waals surface area contributed by atoms with Crippen molar-refractivity contribution >= 4 is 17.3 Å². The summed E-state index contributed by atoms with van der Waals surface area (Å²) in [6.07, 6.45) is 3.49. The minimum atomic E-state index is 0.390. The Balaban J connectivity index is 2.12. The smallest absolute Gasteiger partial charge is 0.186 e. The molecule has 5 heteroatoms. The minimum absolute atomic E-state index is 0.390. The molecule has 0 aliphatic rings. The summed E-state index contributed by atoms with van der Waals surface area (Å²) in [6, 6.07) is 9.48. The second-order valence-corrected chi connectivity index (χ2v) is 6.03. The molecule has 2 aromatic heterocycles. The average Bonchev–Trinajstić information content (AvgIpc) is 2.94. The molecule has 3 rings (SSSR count). The number of nitrogens with two attached hydrogens (primary N) is 1. The molecule has 2 N–H and O–H groups in total. The molecule has 124 valence electrons. The SMILES string of the molecule is C=C(N)c1nc(C#Cc2cccc(Cl)c2C)n(C)c1-c1cccnc1. The number of hydrogen-bond acceptors (Lipinski definition) is 3. The van der Waals surface area contributed by atoms with E-state index < -0.39 is 0 Å². The van der Waals surface area contributed by atoms with Crippen molar-refractivity contribution in [3.8, 4) is 23.1 Å². The van der Waals surface area contributed by atoms with E-state index in [9.17, 15) is 0 Å². The fourth-order valence-corrected chi connectivity index (χ4v) is 2.71. The molecule has 0 amide bonds. The van der Waals surface area contributed by atoms with E-state index in [2.05, 4.69) is 28.4 Å². The first-order valence-corrected chi connectivity index (χ1v) is 8.06. The monoisotopic (exact) mass is 348 g/mol. The molecule has 0 saturated heterocycles. The van der Waals surface area contributed by atoms with Crippen molar-refractivity contribution in [2.45, 2.75) is 6.92 Å². The Morgan fingerprint density at radius 3 is 2.72 bits per heavy atom. The van der Waals surface area contributed by atoms with Crippen molar-refractivity contribution in [3.63, 3.8) is 0 Å². The van der Waals surface area contributed by atoms with Gasteiger partial charge in [-0.1, -0.05) is 30.2 Å². The Morgan fingerprint density at radius 2 is 2.04 bits per heavy atom. The maximum atomic E-state index is 6.15. The number of benzene rings is 1. The molecule has 25 heavy (non-hydrogen) atoms. The van der Waals surface area contributed by atoms with Crippen molar-refractivity contribution in [1.29, 1.82) is 0 Å². The van der Waals surface area contributed by atoms with E-state index in [0.29, 0.717) is 22.2 Å². The van der Waals surface area contributed by atoms with E-state index >= 15 is 0 Å². The molecule has 4 nitrogen and oxygen atoms in total. The van der Waals surface area contributed by atoms with Crippen LogP contribution in [0.2, 0.25) is 5.02 Å². The van der Waals surface area contributed by atoms with Gasteiger partial charge in [0.15, 0.2) is 5.82 Å². The Hall–Kier alpha value is -3.03. The summed E-state index contributed by atoms with van der Waals surface area (Å²) in [5.74, 6) is 6.84. The Bertz CT molecular complexity index is 1010. The van der Waals surface area contributed by atoms with Gasteiger partial charge in [-0.2, -0.15) is 0 Å². The Kier molecular flexibility index (Phi) is 4.60. The largest absolute Gasteiger partial charge is 0.397 e. The number of nitrogens with zero attached hydrogens (tertiary/aromatic N) is 3. The average molecular weight is 349 g/mol. The first-order chi connectivity index (χ1) is 12.0. The Labute approximate surface area is 152 Å². The lowest BCUT2D eigenvalue weighted by molar-refractivity contribution is 0.900. The lowest BCUT2D eigenvalue weighted by Crippen LogP contribution is -1.99. The lowest BCUT2D eigenvalue weighted by Gasteiger charge is -2.05. The highest BCUT2D eigenvalue weighted by Gasteiger charge is 2.16. The third kappa shape index (κ3) is 3.28. The topological polar surface area (TPSA) is 56.7 Å². The predicted octanol–water partition coefficient (Wildman–Crippen LogP) is 3.77. The summed E-state index contributed by atoms with van der Waals surface area (Å²) in [5.41, 5.74) is 10.5. The maximum Gasteiger partial charge on any atom is 0.186 e.